The summed E-state index contributed by atoms with van der Waals surface area (Å²) in [4.78, 5) is 35.0. The van der Waals surface area contributed by atoms with E-state index in [1.807, 2.05) is 78.9 Å². The van der Waals surface area contributed by atoms with E-state index in [-0.39, 0.29) is 11.8 Å². The van der Waals surface area contributed by atoms with Gasteiger partial charge in [0.15, 0.2) is 6.10 Å². The van der Waals surface area contributed by atoms with Crippen LogP contribution < -0.4 is 9.96 Å². The lowest BCUT2D eigenvalue weighted by Crippen LogP contribution is -2.37. The fourth-order valence-corrected chi connectivity index (χ4v) is 5.17. The minimum Gasteiger partial charge on any atom is -0.273 e. The summed E-state index contributed by atoms with van der Waals surface area (Å²) in [6.45, 7) is 2.08. The smallest absolute Gasteiger partial charge is 0.266 e. The number of carbonyl (C=O) groups is 2. The molecule has 2 aliphatic rings. The number of fused-ring (bicyclic) bond motifs is 2. The van der Waals surface area contributed by atoms with Crippen molar-refractivity contribution in [1.29, 1.82) is 0 Å². The maximum Gasteiger partial charge on any atom is 0.266 e. The fraction of sp³-hybridized carbons (Fsp3) is 0.172. The monoisotopic (exact) mass is 448 g/mol. The lowest BCUT2D eigenvalue weighted by atomic mass is 9.87. The Kier molecular flexibility index (Phi) is 4.93. The highest BCUT2D eigenvalue weighted by Crippen LogP contribution is 2.48. The van der Waals surface area contributed by atoms with Crippen LogP contribution >= 0.6 is 0 Å². The van der Waals surface area contributed by atoms with Crippen LogP contribution in [0.5, 0.6) is 0 Å². The maximum atomic E-state index is 13.8. The molecule has 0 aliphatic carbocycles. The fourth-order valence-electron chi connectivity index (χ4n) is 5.17. The van der Waals surface area contributed by atoms with Gasteiger partial charge in [0.1, 0.15) is 5.92 Å². The van der Waals surface area contributed by atoms with E-state index in [2.05, 4.69) is 25.1 Å². The Morgan fingerprint density at radius 1 is 0.735 bits per heavy atom. The summed E-state index contributed by atoms with van der Waals surface area (Å²) in [7, 11) is 0. The molecule has 4 aromatic rings. The third kappa shape index (κ3) is 3.12. The number of hydroxylamine groups is 1. The Bertz CT molecular complexity index is 1380. The molecular formula is C29H24N2O3. The van der Waals surface area contributed by atoms with E-state index in [0.717, 1.165) is 34.0 Å². The average molecular weight is 449 g/mol. The van der Waals surface area contributed by atoms with E-state index in [1.54, 1.807) is 5.06 Å². The predicted molar refractivity (Wildman–Crippen MR) is 132 cm³/mol. The topological polar surface area (TPSA) is 49.9 Å². The van der Waals surface area contributed by atoms with Crippen LogP contribution in [0.1, 0.15) is 24.1 Å². The molecule has 4 aromatic carbocycles. The Morgan fingerprint density at radius 2 is 1.44 bits per heavy atom. The quantitative estimate of drug-likeness (QED) is 0.390. The van der Waals surface area contributed by atoms with E-state index >= 15 is 0 Å². The molecular weight excluding hydrogens is 424 g/mol. The highest BCUT2D eigenvalue weighted by Gasteiger charge is 2.60. The van der Waals surface area contributed by atoms with Crippen molar-refractivity contribution < 1.29 is 14.4 Å². The van der Waals surface area contributed by atoms with E-state index < -0.39 is 18.1 Å². The molecule has 0 spiro atoms. The van der Waals surface area contributed by atoms with Gasteiger partial charge in [-0.3, -0.25) is 14.4 Å². The Hall–Kier alpha value is -3.96. The number of anilines is 2. The molecule has 34 heavy (non-hydrogen) atoms. The molecule has 2 heterocycles. The maximum absolute atomic E-state index is 13.8. The Balaban J connectivity index is 1.48. The Labute approximate surface area is 198 Å². The second-order valence-corrected chi connectivity index (χ2v) is 8.76. The second kappa shape index (κ2) is 8.12. The highest BCUT2D eigenvalue weighted by molar-refractivity contribution is 6.24. The van der Waals surface area contributed by atoms with Crippen molar-refractivity contribution in [2.75, 3.05) is 9.96 Å². The number of hydrogen-bond donors (Lipinski definition) is 0. The molecule has 2 amide bonds. The van der Waals surface area contributed by atoms with Crippen LogP contribution in [0.15, 0.2) is 97.1 Å². The SMILES string of the molecule is CCc1ccc(N2C(=O)[C@H]3[C@H](ON(c4ccccc4)[C@@H]3c3cccc4ccccc34)C2=O)cc1. The van der Waals surface area contributed by atoms with Crippen LogP contribution in [0.3, 0.4) is 0 Å². The van der Waals surface area contributed by atoms with Crippen molar-refractivity contribution in [3.8, 4) is 0 Å². The van der Waals surface area contributed by atoms with Crippen molar-refractivity contribution in [1.82, 2.24) is 0 Å². The molecule has 5 heteroatoms. The first-order valence-corrected chi connectivity index (χ1v) is 11.6. The number of hydrogen-bond acceptors (Lipinski definition) is 4. The van der Waals surface area contributed by atoms with Crippen molar-refractivity contribution >= 4 is 34.0 Å². The van der Waals surface area contributed by atoms with Crippen LogP contribution in [0.25, 0.3) is 10.8 Å². The van der Waals surface area contributed by atoms with Crippen LogP contribution in [-0.4, -0.2) is 17.9 Å². The van der Waals surface area contributed by atoms with Gasteiger partial charge in [-0.15, -0.1) is 0 Å². The summed E-state index contributed by atoms with van der Waals surface area (Å²) in [6, 6.07) is 31.1. The van der Waals surface area contributed by atoms with Gasteiger partial charge in [0.2, 0.25) is 5.91 Å². The molecule has 2 aliphatic heterocycles. The molecule has 0 radical (unpaired) electrons. The van der Waals surface area contributed by atoms with Crippen molar-refractivity contribution in [3.63, 3.8) is 0 Å². The van der Waals surface area contributed by atoms with Crippen LogP contribution in [0, 0.1) is 5.92 Å². The first-order chi connectivity index (χ1) is 16.7. The zero-order valence-corrected chi connectivity index (χ0v) is 18.8. The van der Waals surface area contributed by atoms with Crippen LogP contribution in [0.2, 0.25) is 0 Å². The molecule has 0 bridgehead atoms. The van der Waals surface area contributed by atoms with Crippen LogP contribution in [-0.2, 0) is 20.8 Å². The molecule has 0 unspecified atom stereocenters. The minimum atomic E-state index is -0.873. The lowest BCUT2D eigenvalue weighted by Gasteiger charge is -2.29. The molecule has 0 saturated carbocycles. The average Bonchev–Trinajstić information content (AvgIpc) is 3.40. The van der Waals surface area contributed by atoms with Gasteiger partial charge in [0.25, 0.3) is 5.91 Å². The molecule has 5 nitrogen and oxygen atoms in total. The number of benzene rings is 4. The van der Waals surface area contributed by atoms with E-state index in [0.29, 0.717) is 5.69 Å². The summed E-state index contributed by atoms with van der Waals surface area (Å²) < 4.78 is 0. The molecule has 168 valence electrons. The third-order valence-corrected chi connectivity index (χ3v) is 6.87. The van der Waals surface area contributed by atoms with Gasteiger partial charge < -0.3 is 0 Å². The van der Waals surface area contributed by atoms with Gasteiger partial charge in [-0.1, -0.05) is 79.7 Å². The van der Waals surface area contributed by atoms with E-state index in [1.165, 1.54) is 4.90 Å². The van der Waals surface area contributed by atoms with Gasteiger partial charge in [0, 0.05) is 0 Å². The zero-order chi connectivity index (χ0) is 23.2. The predicted octanol–water partition coefficient (Wildman–Crippen LogP) is 5.45. The van der Waals surface area contributed by atoms with Crippen molar-refractivity contribution in [2.45, 2.75) is 25.5 Å². The van der Waals surface area contributed by atoms with E-state index in [4.69, 9.17) is 4.84 Å². The number of imide groups is 1. The van der Waals surface area contributed by atoms with Crippen LogP contribution in [0.4, 0.5) is 11.4 Å². The Morgan fingerprint density at radius 3 is 2.21 bits per heavy atom. The summed E-state index contributed by atoms with van der Waals surface area (Å²) in [5, 5.41) is 3.89. The molecule has 6 rings (SSSR count). The van der Waals surface area contributed by atoms with Gasteiger partial charge in [0.05, 0.1) is 17.4 Å². The molecule has 0 N–H and O–H groups in total. The number of amides is 2. The van der Waals surface area contributed by atoms with Gasteiger partial charge in [-0.25, -0.2) is 9.96 Å². The number of aryl methyl sites for hydroxylation is 1. The summed E-state index contributed by atoms with van der Waals surface area (Å²) in [5.74, 6) is -1.19. The first-order valence-electron chi connectivity index (χ1n) is 11.6. The number of nitrogens with zero attached hydrogens (tertiary/aromatic N) is 2. The largest absolute Gasteiger partial charge is 0.273 e. The standard InChI is InChI=1S/C29H24N2O3/c1-2-19-15-17-21(18-16-19)30-28(32)25-26(24-14-8-10-20-9-6-7-13-23(20)24)31(34-27(25)29(30)33)22-11-4-3-5-12-22/h3-18,25-27H,2H2,1H3/t25-,26-,27+/m1/s1. The van der Waals surface area contributed by atoms with Gasteiger partial charge in [-0.05, 0) is 52.6 Å². The second-order valence-electron chi connectivity index (χ2n) is 8.76. The molecule has 2 saturated heterocycles. The number of rotatable bonds is 4. The van der Waals surface area contributed by atoms with Gasteiger partial charge >= 0.3 is 0 Å². The third-order valence-electron chi connectivity index (χ3n) is 6.87. The minimum absolute atomic E-state index is 0.226. The van der Waals surface area contributed by atoms with Crippen molar-refractivity contribution in [2.24, 2.45) is 5.92 Å². The number of para-hydroxylation sites is 1. The molecule has 0 aromatic heterocycles. The molecule has 2 fully saturated rings. The first kappa shape index (κ1) is 20.6. The number of carbonyl (C=O) groups excluding carboxylic acids is 2. The van der Waals surface area contributed by atoms with E-state index in [9.17, 15) is 9.59 Å². The van der Waals surface area contributed by atoms with Crippen molar-refractivity contribution in [3.05, 3.63) is 108 Å². The summed E-state index contributed by atoms with van der Waals surface area (Å²) >= 11 is 0. The highest BCUT2D eigenvalue weighted by atomic mass is 16.7. The normalized spacial score (nSPS) is 22.0. The van der Waals surface area contributed by atoms with Gasteiger partial charge in [-0.2, -0.15) is 0 Å². The molecule has 3 atom stereocenters. The zero-order valence-electron chi connectivity index (χ0n) is 18.8. The summed E-state index contributed by atoms with van der Waals surface area (Å²) in [6.07, 6.45) is 0.0219. The summed E-state index contributed by atoms with van der Waals surface area (Å²) in [5.41, 5.74) is 3.53. The lowest BCUT2D eigenvalue weighted by molar-refractivity contribution is -0.126.